The first kappa shape index (κ1) is 33.2. The topological polar surface area (TPSA) is 74.6 Å². The second kappa shape index (κ2) is 11.6. The first-order chi connectivity index (χ1) is 19.9. The molecule has 0 aliphatic heterocycles. The maximum absolute atomic E-state index is 13.9. The Morgan fingerprint density at radius 1 is 0.884 bits per heavy atom. The molecule has 0 amide bonds. The molecule has 0 aromatic heterocycles. The fourth-order valence-electron chi connectivity index (χ4n) is 10.8. The maximum Gasteiger partial charge on any atom is 0.417 e. The number of rotatable bonds is 8. The largest absolute Gasteiger partial charge is 0.417 e. The summed E-state index contributed by atoms with van der Waals surface area (Å²) in [5.41, 5.74) is -2.66. The summed E-state index contributed by atoms with van der Waals surface area (Å²) in [4.78, 5) is 0.314. The van der Waals surface area contributed by atoms with Crippen LogP contribution in [0.15, 0.2) is 35.2 Å². The molecule has 2 N–H and O–H groups in total. The van der Waals surface area contributed by atoms with Crippen molar-refractivity contribution in [2.75, 3.05) is 0 Å². The highest BCUT2D eigenvalue weighted by Gasteiger charge is 2.65. The zero-order chi connectivity index (χ0) is 31.6. The van der Waals surface area contributed by atoms with Crippen LogP contribution in [0.3, 0.4) is 0 Å². The van der Waals surface area contributed by atoms with E-state index >= 15 is 0 Å². The standard InChI is InChI=1S/C35H53F3O4S/c1-22(2)31(39)20-26(43(41,42)25-9-7-6-8-10-25)19-23(3)28-13-14-29-27-12-11-24-21-34(40,35(36,37)38)18-17-32(24,4)30(27)15-16-33(28,29)5/h6-10,22-24,26-31,39-40H,11-21H2,1-5H3/t23-,24+,26?,27+,28-,29+,30?,31-,32+,33-,34+/m1/s1. The fraction of sp³-hybridized carbons (Fsp3) is 0.829. The van der Waals surface area contributed by atoms with Gasteiger partial charge in [0.15, 0.2) is 15.4 Å². The molecular formula is C35H53F3O4S. The van der Waals surface area contributed by atoms with Crippen LogP contribution < -0.4 is 0 Å². The van der Waals surface area contributed by atoms with Gasteiger partial charge in [-0.25, -0.2) is 8.42 Å². The lowest BCUT2D eigenvalue weighted by atomic mass is 9.43. The number of hydrogen-bond acceptors (Lipinski definition) is 4. The Morgan fingerprint density at radius 2 is 1.53 bits per heavy atom. The van der Waals surface area contributed by atoms with Crippen molar-refractivity contribution in [3.63, 3.8) is 0 Å². The lowest BCUT2D eigenvalue weighted by Crippen LogP contribution is -2.59. The third-order valence-corrected chi connectivity index (χ3v) is 15.6. The molecule has 4 fully saturated rings. The molecule has 1 aromatic rings. The molecule has 0 radical (unpaired) electrons. The van der Waals surface area contributed by atoms with Gasteiger partial charge in [-0.2, -0.15) is 13.2 Å². The van der Waals surface area contributed by atoms with E-state index in [2.05, 4.69) is 20.8 Å². The van der Waals surface area contributed by atoms with Crippen molar-refractivity contribution in [1.29, 1.82) is 0 Å². The minimum Gasteiger partial charge on any atom is -0.393 e. The predicted octanol–water partition coefficient (Wildman–Crippen LogP) is 8.21. The van der Waals surface area contributed by atoms with Gasteiger partial charge in [-0.3, -0.25) is 0 Å². The van der Waals surface area contributed by atoms with Gasteiger partial charge in [0, 0.05) is 0 Å². The van der Waals surface area contributed by atoms with E-state index in [-0.39, 0.29) is 47.8 Å². The number of sulfone groups is 1. The van der Waals surface area contributed by atoms with Gasteiger partial charge >= 0.3 is 6.18 Å². The molecule has 4 aliphatic carbocycles. The maximum atomic E-state index is 13.9. The highest BCUT2D eigenvalue weighted by atomic mass is 32.2. The van der Waals surface area contributed by atoms with Crippen molar-refractivity contribution < 1.29 is 31.8 Å². The van der Waals surface area contributed by atoms with Crippen LogP contribution >= 0.6 is 0 Å². The summed E-state index contributed by atoms with van der Waals surface area (Å²) in [6, 6.07) is 8.62. The first-order valence-corrected chi connectivity index (χ1v) is 18.2. The van der Waals surface area contributed by atoms with Gasteiger partial charge in [-0.1, -0.05) is 52.8 Å². The van der Waals surface area contributed by atoms with E-state index in [1.54, 1.807) is 24.3 Å². The average molecular weight is 627 g/mol. The molecule has 4 saturated carbocycles. The molecule has 1 aromatic carbocycles. The van der Waals surface area contributed by atoms with Crippen molar-refractivity contribution in [1.82, 2.24) is 0 Å². The van der Waals surface area contributed by atoms with Crippen molar-refractivity contribution in [2.45, 2.75) is 133 Å². The Morgan fingerprint density at radius 3 is 2.16 bits per heavy atom. The molecule has 0 spiro atoms. The van der Waals surface area contributed by atoms with Crippen molar-refractivity contribution in [3.8, 4) is 0 Å². The van der Waals surface area contributed by atoms with Crippen LogP contribution in [0.4, 0.5) is 13.2 Å². The number of fused-ring (bicyclic) bond motifs is 5. The quantitative estimate of drug-likeness (QED) is 0.305. The van der Waals surface area contributed by atoms with Crippen LogP contribution in [0.25, 0.3) is 0 Å². The number of hydrogen-bond donors (Lipinski definition) is 2. The molecule has 2 unspecified atom stereocenters. The summed E-state index contributed by atoms with van der Waals surface area (Å²) in [6.45, 7) is 10.7. The Balaban J connectivity index is 1.34. The predicted molar refractivity (Wildman–Crippen MR) is 163 cm³/mol. The van der Waals surface area contributed by atoms with Gasteiger partial charge in [-0.05, 0) is 135 Å². The molecule has 5 rings (SSSR count). The zero-order valence-corrected chi connectivity index (χ0v) is 27.4. The summed E-state index contributed by atoms with van der Waals surface area (Å²) >= 11 is 0. The van der Waals surface area contributed by atoms with Gasteiger partial charge in [0.05, 0.1) is 16.2 Å². The molecule has 43 heavy (non-hydrogen) atoms. The van der Waals surface area contributed by atoms with E-state index in [0.717, 1.165) is 38.5 Å². The molecule has 0 saturated heterocycles. The summed E-state index contributed by atoms with van der Waals surface area (Å²) in [5.74, 6) is 1.74. The molecule has 8 heteroatoms. The molecule has 4 aliphatic rings. The lowest BCUT2D eigenvalue weighted by Gasteiger charge is -2.62. The van der Waals surface area contributed by atoms with Crippen LogP contribution in [0.2, 0.25) is 0 Å². The summed E-state index contributed by atoms with van der Waals surface area (Å²) in [5, 5.41) is 20.7. The number of aliphatic hydroxyl groups is 2. The molecule has 244 valence electrons. The van der Waals surface area contributed by atoms with E-state index in [1.807, 2.05) is 19.9 Å². The fourth-order valence-corrected chi connectivity index (χ4v) is 12.7. The number of aliphatic hydroxyl groups excluding tert-OH is 1. The van der Waals surface area contributed by atoms with E-state index in [4.69, 9.17) is 0 Å². The molecule has 0 bridgehead atoms. The van der Waals surface area contributed by atoms with Crippen LogP contribution in [-0.2, 0) is 9.84 Å². The highest BCUT2D eigenvalue weighted by molar-refractivity contribution is 7.92. The second-order valence-electron chi connectivity index (χ2n) is 15.9. The third-order valence-electron chi connectivity index (χ3n) is 13.4. The van der Waals surface area contributed by atoms with E-state index < -0.39 is 33.0 Å². The lowest BCUT2D eigenvalue weighted by molar-refractivity contribution is -0.290. The number of halogens is 3. The number of alkyl halides is 3. The summed E-state index contributed by atoms with van der Waals surface area (Å²) in [6.07, 6.45) is 1.33. The molecule has 11 atom stereocenters. The van der Waals surface area contributed by atoms with Gasteiger partial charge in [-0.15, -0.1) is 0 Å². The Kier molecular flexibility index (Phi) is 8.97. The normalized spacial score (nSPS) is 40.3. The minimum absolute atomic E-state index is 0.0316. The van der Waals surface area contributed by atoms with Crippen LogP contribution in [-0.4, -0.2) is 41.8 Å². The highest BCUT2D eigenvalue weighted by Crippen LogP contribution is 2.69. The van der Waals surface area contributed by atoms with Gasteiger partial charge in [0.1, 0.15) is 0 Å². The molecule has 0 heterocycles. The second-order valence-corrected chi connectivity index (χ2v) is 18.1. The monoisotopic (exact) mass is 626 g/mol. The van der Waals surface area contributed by atoms with Gasteiger partial charge < -0.3 is 10.2 Å². The van der Waals surface area contributed by atoms with E-state index in [0.29, 0.717) is 41.4 Å². The van der Waals surface area contributed by atoms with Crippen LogP contribution in [0.5, 0.6) is 0 Å². The number of benzene rings is 1. The Labute approximate surface area is 257 Å². The van der Waals surface area contributed by atoms with Crippen LogP contribution in [0, 0.1) is 52.3 Å². The van der Waals surface area contributed by atoms with Crippen molar-refractivity contribution >= 4 is 9.84 Å². The smallest absolute Gasteiger partial charge is 0.393 e. The summed E-state index contributed by atoms with van der Waals surface area (Å²) < 4.78 is 69.0. The SMILES string of the molecule is CC(C)[C@H](O)CC(C[C@@H](C)[C@H]1CC[C@H]2[C@@H]3CC[C@H]4C[C@](O)(C(F)(F)F)CC[C@]4(C)C3CC[C@]12C)S(=O)(=O)c1ccccc1. The zero-order valence-electron chi connectivity index (χ0n) is 26.6. The van der Waals surface area contributed by atoms with Crippen LogP contribution in [0.1, 0.15) is 105 Å². The van der Waals surface area contributed by atoms with Crippen molar-refractivity contribution in [2.24, 2.45) is 52.3 Å². The summed E-state index contributed by atoms with van der Waals surface area (Å²) in [7, 11) is -3.62. The average Bonchev–Trinajstić information content (AvgIpc) is 3.30. The Hall–Kier alpha value is -1.12. The first-order valence-electron chi connectivity index (χ1n) is 16.7. The van der Waals surface area contributed by atoms with Gasteiger partial charge in [0.2, 0.25) is 0 Å². The van der Waals surface area contributed by atoms with Crippen molar-refractivity contribution in [3.05, 3.63) is 30.3 Å². The molecular weight excluding hydrogens is 573 g/mol. The van der Waals surface area contributed by atoms with E-state index in [9.17, 15) is 31.8 Å². The third kappa shape index (κ3) is 5.73. The Bertz CT molecular complexity index is 1240. The minimum atomic E-state index is -4.58. The molecule has 4 nitrogen and oxygen atoms in total. The van der Waals surface area contributed by atoms with E-state index in [1.165, 1.54) is 0 Å². The van der Waals surface area contributed by atoms with Gasteiger partial charge in [0.25, 0.3) is 0 Å².